The summed E-state index contributed by atoms with van der Waals surface area (Å²) in [6, 6.07) is 7.83. The maximum absolute atomic E-state index is 12.6. The van der Waals surface area contributed by atoms with Gasteiger partial charge in [0.15, 0.2) is 0 Å². The maximum atomic E-state index is 12.6. The molecule has 1 heterocycles. The number of nitrogens with zero attached hydrogens (tertiary/aromatic N) is 2. The van der Waals surface area contributed by atoms with Crippen molar-refractivity contribution in [2.75, 3.05) is 11.9 Å². The Labute approximate surface area is 136 Å². The molecule has 2 N–H and O–H groups in total. The lowest BCUT2D eigenvalue weighted by Gasteiger charge is -2.12. The minimum atomic E-state index is -0.103. The average molecular weight is 313 g/mol. The Morgan fingerprint density at radius 2 is 2.04 bits per heavy atom. The van der Waals surface area contributed by atoms with Crippen LogP contribution in [0.3, 0.4) is 0 Å². The van der Waals surface area contributed by atoms with E-state index in [1.54, 1.807) is 6.20 Å². The Bertz CT molecular complexity index is 685. The van der Waals surface area contributed by atoms with Crippen molar-refractivity contribution in [2.45, 2.75) is 45.1 Å². The second-order valence-corrected chi connectivity index (χ2v) is 6.38. The van der Waals surface area contributed by atoms with Crippen molar-refractivity contribution in [1.29, 1.82) is 0 Å². The zero-order valence-electron chi connectivity index (χ0n) is 13.6. The lowest BCUT2D eigenvalue weighted by Crippen LogP contribution is -2.15. The fraction of sp³-hybridized carbons (Fsp3) is 0.444. The quantitative estimate of drug-likeness (QED) is 0.861. The molecular formula is C18H23N3O2. The molecule has 122 valence electrons. The molecule has 1 aromatic carbocycles. The van der Waals surface area contributed by atoms with Crippen LogP contribution in [0.5, 0.6) is 0 Å². The molecule has 1 amide bonds. The molecule has 1 aliphatic carbocycles. The lowest BCUT2D eigenvalue weighted by molar-refractivity contribution is 0.102. The van der Waals surface area contributed by atoms with Gasteiger partial charge in [-0.2, -0.15) is 5.10 Å². The molecule has 5 nitrogen and oxygen atoms in total. The van der Waals surface area contributed by atoms with E-state index >= 15 is 0 Å². The first kappa shape index (κ1) is 15.7. The number of rotatable bonds is 6. The van der Waals surface area contributed by atoms with E-state index in [4.69, 9.17) is 5.11 Å². The Hall–Kier alpha value is -2.14. The van der Waals surface area contributed by atoms with E-state index in [-0.39, 0.29) is 18.6 Å². The van der Waals surface area contributed by atoms with Crippen LogP contribution in [0, 0.1) is 0 Å². The van der Waals surface area contributed by atoms with Crippen LogP contribution in [0.4, 0.5) is 5.69 Å². The Morgan fingerprint density at radius 3 is 2.61 bits per heavy atom. The van der Waals surface area contributed by atoms with Crippen LogP contribution in [-0.2, 0) is 6.42 Å². The highest BCUT2D eigenvalue weighted by molar-refractivity contribution is 6.05. The predicted molar refractivity (Wildman–Crippen MR) is 89.8 cm³/mol. The molecule has 3 rings (SSSR count). The van der Waals surface area contributed by atoms with Crippen molar-refractivity contribution in [3.05, 3.63) is 47.3 Å². The first-order valence-corrected chi connectivity index (χ1v) is 8.18. The number of aliphatic hydroxyl groups excluding tert-OH is 1. The molecule has 0 atom stereocenters. The summed E-state index contributed by atoms with van der Waals surface area (Å²) in [5.74, 6) is 0.362. The Kier molecular flexibility index (Phi) is 4.48. The van der Waals surface area contributed by atoms with Crippen LogP contribution in [0.1, 0.15) is 60.3 Å². The van der Waals surface area contributed by atoms with Gasteiger partial charge in [-0.15, -0.1) is 0 Å². The summed E-state index contributed by atoms with van der Waals surface area (Å²) in [6.07, 6.45) is 4.58. The van der Waals surface area contributed by atoms with E-state index in [1.807, 2.05) is 28.9 Å². The monoisotopic (exact) mass is 313 g/mol. The number of aromatic nitrogens is 2. The van der Waals surface area contributed by atoms with E-state index in [0.717, 1.165) is 29.8 Å². The average Bonchev–Trinajstić information content (AvgIpc) is 3.27. The van der Waals surface area contributed by atoms with Crippen LogP contribution in [0.25, 0.3) is 0 Å². The van der Waals surface area contributed by atoms with E-state index in [0.29, 0.717) is 17.9 Å². The maximum Gasteiger partial charge on any atom is 0.259 e. The highest BCUT2D eigenvalue weighted by Crippen LogP contribution is 2.42. The molecule has 0 saturated heterocycles. The number of benzene rings is 1. The molecule has 1 aliphatic rings. The fourth-order valence-corrected chi connectivity index (χ4v) is 2.80. The summed E-state index contributed by atoms with van der Waals surface area (Å²) in [6.45, 7) is 4.30. The molecule has 0 bridgehead atoms. The highest BCUT2D eigenvalue weighted by atomic mass is 16.3. The fourth-order valence-electron chi connectivity index (χ4n) is 2.80. The van der Waals surface area contributed by atoms with Gasteiger partial charge in [-0.1, -0.05) is 12.1 Å². The van der Waals surface area contributed by atoms with Crippen molar-refractivity contribution in [2.24, 2.45) is 0 Å². The molecule has 2 aromatic rings. The molecule has 1 fully saturated rings. The van der Waals surface area contributed by atoms with Gasteiger partial charge >= 0.3 is 0 Å². The molecule has 0 radical (unpaired) electrons. The Morgan fingerprint density at radius 1 is 1.35 bits per heavy atom. The van der Waals surface area contributed by atoms with Gasteiger partial charge in [0.2, 0.25) is 0 Å². The van der Waals surface area contributed by atoms with Gasteiger partial charge in [0.1, 0.15) is 0 Å². The van der Waals surface area contributed by atoms with Gasteiger partial charge in [0.05, 0.1) is 17.5 Å². The topological polar surface area (TPSA) is 67.2 Å². The van der Waals surface area contributed by atoms with E-state index in [1.165, 1.54) is 0 Å². The van der Waals surface area contributed by atoms with Crippen molar-refractivity contribution < 1.29 is 9.90 Å². The zero-order valence-corrected chi connectivity index (χ0v) is 13.6. The molecule has 0 unspecified atom stereocenters. The van der Waals surface area contributed by atoms with Gasteiger partial charge in [-0.3, -0.25) is 9.48 Å². The zero-order chi connectivity index (χ0) is 16.4. The first-order valence-electron chi connectivity index (χ1n) is 8.18. The minimum absolute atomic E-state index is 0.103. The van der Waals surface area contributed by atoms with Crippen molar-refractivity contribution >= 4 is 11.6 Å². The normalized spacial score (nSPS) is 14.3. The van der Waals surface area contributed by atoms with Gasteiger partial charge < -0.3 is 10.4 Å². The molecule has 0 spiro atoms. The summed E-state index contributed by atoms with van der Waals surface area (Å²) in [5.41, 5.74) is 3.56. The van der Waals surface area contributed by atoms with Crippen LogP contribution in [0.2, 0.25) is 0 Å². The SMILES string of the molecule is CC(C)n1ncc(C(=O)Nc2ccc(CCO)cc2)c1C1CC1. The Balaban J connectivity index is 1.78. The van der Waals surface area contributed by atoms with Gasteiger partial charge in [0.25, 0.3) is 5.91 Å². The predicted octanol–water partition coefficient (Wildman–Crippen LogP) is 3.13. The molecule has 5 heteroatoms. The molecule has 23 heavy (non-hydrogen) atoms. The van der Waals surface area contributed by atoms with Crippen molar-refractivity contribution in [3.8, 4) is 0 Å². The van der Waals surface area contributed by atoms with Gasteiger partial charge in [-0.05, 0) is 50.8 Å². The van der Waals surface area contributed by atoms with Crippen LogP contribution in [0.15, 0.2) is 30.5 Å². The van der Waals surface area contributed by atoms with Gasteiger partial charge in [-0.25, -0.2) is 0 Å². The van der Waals surface area contributed by atoms with Crippen LogP contribution >= 0.6 is 0 Å². The third-order valence-electron chi connectivity index (χ3n) is 4.14. The minimum Gasteiger partial charge on any atom is -0.396 e. The summed E-state index contributed by atoms with van der Waals surface area (Å²) in [4.78, 5) is 12.6. The second kappa shape index (κ2) is 6.54. The number of aliphatic hydroxyl groups is 1. The van der Waals surface area contributed by atoms with E-state index in [2.05, 4.69) is 24.3 Å². The number of hydrogen-bond donors (Lipinski definition) is 2. The number of hydrogen-bond acceptors (Lipinski definition) is 3. The number of amides is 1. The third-order valence-corrected chi connectivity index (χ3v) is 4.14. The molecule has 1 saturated carbocycles. The summed E-state index contributed by atoms with van der Waals surface area (Å²) < 4.78 is 1.97. The van der Waals surface area contributed by atoms with Crippen LogP contribution < -0.4 is 5.32 Å². The number of nitrogens with one attached hydrogen (secondary N) is 1. The smallest absolute Gasteiger partial charge is 0.259 e. The van der Waals surface area contributed by atoms with Crippen molar-refractivity contribution in [1.82, 2.24) is 9.78 Å². The summed E-state index contributed by atoms with van der Waals surface area (Å²) >= 11 is 0. The van der Waals surface area contributed by atoms with Crippen LogP contribution in [-0.4, -0.2) is 27.4 Å². The molecule has 0 aliphatic heterocycles. The summed E-state index contributed by atoms with van der Waals surface area (Å²) in [7, 11) is 0. The number of anilines is 1. The summed E-state index contributed by atoms with van der Waals surface area (Å²) in [5, 5.41) is 16.3. The van der Waals surface area contributed by atoms with Crippen molar-refractivity contribution in [3.63, 3.8) is 0 Å². The molecular weight excluding hydrogens is 290 g/mol. The largest absolute Gasteiger partial charge is 0.396 e. The second-order valence-electron chi connectivity index (χ2n) is 6.38. The third kappa shape index (κ3) is 3.45. The molecule has 1 aromatic heterocycles. The number of carbonyl (C=O) groups is 1. The van der Waals surface area contributed by atoms with E-state index in [9.17, 15) is 4.79 Å². The van der Waals surface area contributed by atoms with Gasteiger partial charge in [0, 0.05) is 24.3 Å². The first-order chi connectivity index (χ1) is 11.1. The standard InChI is InChI=1S/C18H23N3O2/c1-12(2)21-17(14-5-6-14)16(11-19-21)18(23)20-15-7-3-13(4-8-15)9-10-22/h3-4,7-8,11-12,14,22H,5-6,9-10H2,1-2H3,(H,20,23). The number of carbonyl (C=O) groups excluding carboxylic acids is 1. The lowest BCUT2D eigenvalue weighted by atomic mass is 10.1. The highest BCUT2D eigenvalue weighted by Gasteiger charge is 2.33. The van der Waals surface area contributed by atoms with E-state index < -0.39 is 0 Å².